The molecule has 1 N–H and O–H groups in total. The average molecular weight is 234 g/mol. The van der Waals surface area contributed by atoms with Crippen LogP contribution in [0.4, 0.5) is 0 Å². The number of ether oxygens (including phenoxy) is 1. The van der Waals surface area contributed by atoms with Crippen molar-refractivity contribution in [2.45, 2.75) is 18.9 Å². The highest BCUT2D eigenvalue weighted by molar-refractivity contribution is 7.16. The summed E-state index contributed by atoms with van der Waals surface area (Å²) in [6.45, 7) is 0.760. The van der Waals surface area contributed by atoms with Crippen molar-refractivity contribution in [3.05, 3.63) is 21.3 Å². The Morgan fingerprint density at radius 2 is 2.36 bits per heavy atom. The second-order valence-electron chi connectivity index (χ2n) is 3.19. The molecule has 0 aliphatic heterocycles. The fraction of sp³-hybridized carbons (Fsp3) is 0.600. The van der Waals surface area contributed by atoms with E-state index in [0.29, 0.717) is 6.04 Å². The van der Waals surface area contributed by atoms with E-state index in [1.165, 1.54) is 4.88 Å². The zero-order chi connectivity index (χ0) is 10.4. The first-order valence-corrected chi connectivity index (χ1v) is 5.86. The van der Waals surface area contributed by atoms with Crippen LogP contribution in [0.5, 0.6) is 0 Å². The van der Waals surface area contributed by atoms with Gasteiger partial charge in [-0.05, 0) is 32.0 Å². The van der Waals surface area contributed by atoms with E-state index < -0.39 is 0 Å². The third-order valence-electron chi connectivity index (χ3n) is 2.14. The van der Waals surface area contributed by atoms with Crippen molar-refractivity contribution in [3.63, 3.8) is 0 Å². The molecule has 0 aliphatic carbocycles. The molecular formula is C10H16ClNOS. The van der Waals surface area contributed by atoms with Gasteiger partial charge in [0.05, 0.1) is 10.9 Å². The van der Waals surface area contributed by atoms with Crippen LogP contribution in [0.3, 0.4) is 0 Å². The van der Waals surface area contributed by atoms with Gasteiger partial charge in [-0.1, -0.05) is 11.6 Å². The number of thiophene rings is 1. The van der Waals surface area contributed by atoms with Crippen LogP contribution in [-0.2, 0) is 11.2 Å². The smallest absolute Gasteiger partial charge is 0.0931 e. The van der Waals surface area contributed by atoms with Crippen molar-refractivity contribution in [1.82, 2.24) is 5.32 Å². The first kappa shape index (κ1) is 12.0. The number of hydrogen-bond donors (Lipinski definition) is 1. The summed E-state index contributed by atoms with van der Waals surface area (Å²) < 4.78 is 5.97. The fourth-order valence-corrected chi connectivity index (χ4v) is 2.42. The van der Waals surface area contributed by atoms with Gasteiger partial charge in [-0.2, -0.15) is 0 Å². The lowest BCUT2D eigenvalue weighted by Crippen LogP contribution is -2.30. The van der Waals surface area contributed by atoms with Gasteiger partial charge < -0.3 is 10.1 Å². The maximum Gasteiger partial charge on any atom is 0.0931 e. The molecule has 1 aromatic rings. The maximum absolute atomic E-state index is 5.85. The van der Waals surface area contributed by atoms with Crippen molar-refractivity contribution in [3.8, 4) is 0 Å². The molecule has 2 nitrogen and oxygen atoms in total. The Morgan fingerprint density at radius 1 is 1.57 bits per heavy atom. The van der Waals surface area contributed by atoms with Crippen molar-refractivity contribution >= 4 is 22.9 Å². The number of likely N-dealkylation sites (N-methyl/N-ethyl adjacent to an activating group) is 1. The minimum atomic E-state index is 0.431. The van der Waals surface area contributed by atoms with Crippen LogP contribution < -0.4 is 5.32 Å². The molecule has 0 aromatic carbocycles. The highest BCUT2D eigenvalue weighted by Gasteiger charge is 2.06. The summed E-state index contributed by atoms with van der Waals surface area (Å²) in [6, 6.07) is 4.47. The van der Waals surface area contributed by atoms with Crippen LogP contribution in [-0.4, -0.2) is 26.8 Å². The number of halogens is 1. The lowest BCUT2D eigenvalue weighted by Gasteiger charge is -2.13. The molecular weight excluding hydrogens is 218 g/mol. The van der Waals surface area contributed by atoms with E-state index in [0.717, 1.165) is 23.8 Å². The first-order chi connectivity index (χ1) is 6.76. The van der Waals surface area contributed by atoms with E-state index in [2.05, 4.69) is 11.4 Å². The molecule has 0 saturated carbocycles. The van der Waals surface area contributed by atoms with Gasteiger partial charge in [0.25, 0.3) is 0 Å². The third-order valence-corrected chi connectivity index (χ3v) is 3.44. The summed E-state index contributed by atoms with van der Waals surface area (Å²) in [5, 5.41) is 3.23. The number of rotatable bonds is 6. The Morgan fingerprint density at radius 3 is 2.86 bits per heavy atom. The number of hydrogen-bond acceptors (Lipinski definition) is 3. The van der Waals surface area contributed by atoms with Crippen LogP contribution in [0, 0.1) is 0 Å². The predicted molar refractivity (Wildman–Crippen MR) is 62.4 cm³/mol. The van der Waals surface area contributed by atoms with E-state index in [1.807, 2.05) is 13.1 Å². The molecule has 0 radical (unpaired) electrons. The molecule has 0 fully saturated rings. The molecule has 0 bridgehead atoms. The van der Waals surface area contributed by atoms with Gasteiger partial charge in [0.2, 0.25) is 0 Å². The maximum atomic E-state index is 5.85. The summed E-state index contributed by atoms with van der Waals surface area (Å²) in [5.41, 5.74) is 0. The summed E-state index contributed by atoms with van der Waals surface area (Å²) in [5.74, 6) is 0. The normalized spacial score (nSPS) is 13.1. The quantitative estimate of drug-likeness (QED) is 0.816. The molecule has 1 heterocycles. The molecule has 4 heteroatoms. The lowest BCUT2D eigenvalue weighted by molar-refractivity contribution is 0.166. The molecule has 0 amide bonds. The van der Waals surface area contributed by atoms with Crippen molar-refractivity contribution in [1.29, 1.82) is 0 Å². The fourth-order valence-electron chi connectivity index (χ4n) is 1.31. The van der Waals surface area contributed by atoms with Crippen LogP contribution in [0.25, 0.3) is 0 Å². The lowest BCUT2D eigenvalue weighted by atomic mass is 10.1. The minimum absolute atomic E-state index is 0.431. The standard InChI is InChI=1S/C10H16ClNOS/c1-12-8(7-13-2)3-4-9-5-6-10(11)14-9/h5-6,8,12H,3-4,7H2,1-2H3. The molecule has 0 saturated heterocycles. The van der Waals surface area contributed by atoms with Crippen molar-refractivity contribution < 1.29 is 4.74 Å². The van der Waals surface area contributed by atoms with Gasteiger partial charge in [0.15, 0.2) is 0 Å². The second kappa shape index (κ2) is 6.40. The Labute approximate surface area is 94.2 Å². The largest absolute Gasteiger partial charge is 0.383 e. The van der Waals surface area contributed by atoms with Gasteiger partial charge in [0, 0.05) is 18.0 Å². The summed E-state index contributed by atoms with van der Waals surface area (Å²) in [6.07, 6.45) is 2.15. The number of aryl methyl sites for hydroxylation is 1. The predicted octanol–water partition coefficient (Wildman–Crippen LogP) is 2.57. The first-order valence-electron chi connectivity index (χ1n) is 4.66. The number of methoxy groups -OCH3 is 1. The molecule has 1 aromatic heterocycles. The molecule has 0 spiro atoms. The molecule has 1 unspecified atom stereocenters. The molecule has 0 aliphatic rings. The van der Waals surface area contributed by atoms with Gasteiger partial charge in [0.1, 0.15) is 0 Å². The van der Waals surface area contributed by atoms with Gasteiger partial charge in [-0.15, -0.1) is 11.3 Å². The van der Waals surface area contributed by atoms with Crippen LogP contribution in [0.15, 0.2) is 12.1 Å². The number of nitrogens with one attached hydrogen (secondary N) is 1. The summed E-state index contributed by atoms with van der Waals surface area (Å²) in [4.78, 5) is 1.34. The minimum Gasteiger partial charge on any atom is -0.383 e. The monoisotopic (exact) mass is 233 g/mol. The van der Waals surface area contributed by atoms with Gasteiger partial charge in [-0.3, -0.25) is 0 Å². The summed E-state index contributed by atoms with van der Waals surface area (Å²) in [7, 11) is 3.69. The SMILES string of the molecule is CNC(CCc1ccc(Cl)s1)COC. The van der Waals surface area contributed by atoms with E-state index in [9.17, 15) is 0 Å². The Hall–Kier alpha value is -0.0900. The molecule has 14 heavy (non-hydrogen) atoms. The van der Waals surface area contributed by atoms with E-state index >= 15 is 0 Å². The van der Waals surface area contributed by atoms with Crippen LogP contribution in [0.1, 0.15) is 11.3 Å². The van der Waals surface area contributed by atoms with Gasteiger partial charge in [-0.25, -0.2) is 0 Å². The zero-order valence-corrected chi connectivity index (χ0v) is 10.1. The topological polar surface area (TPSA) is 21.3 Å². The van der Waals surface area contributed by atoms with Crippen molar-refractivity contribution in [2.75, 3.05) is 20.8 Å². The average Bonchev–Trinajstić information content (AvgIpc) is 2.59. The molecule has 80 valence electrons. The Kier molecular flexibility index (Phi) is 5.48. The van der Waals surface area contributed by atoms with Crippen molar-refractivity contribution in [2.24, 2.45) is 0 Å². The third kappa shape index (κ3) is 3.96. The molecule has 1 atom stereocenters. The van der Waals surface area contributed by atoms with E-state index in [-0.39, 0.29) is 0 Å². The second-order valence-corrected chi connectivity index (χ2v) is 4.99. The van der Waals surface area contributed by atoms with Crippen LogP contribution in [0.2, 0.25) is 4.34 Å². The zero-order valence-electron chi connectivity index (χ0n) is 8.55. The van der Waals surface area contributed by atoms with Gasteiger partial charge >= 0.3 is 0 Å². The highest BCUT2D eigenvalue weighted by atomic mass is 35.5. The Balaban J connectivity index is 2.31. The van der Waals surface area contributed by atoms with E-state index in [4.69, 9.17) is 16.3 Å². The summed E-state index contributed by atoms with van der Waals surface area (Å²) >= 11 is 7.50. The van der Waals surface area contributed by atoms with E-state index in [1.54, 1.807) is 18.4 Å². The molecule has 1 rings (SSSR count). The van der Waals surface area contributed by atoms with Crippen LogP contribution >= 0.6 is 22.9 Å². The highest BCUT2D eigenvalue weighted by Crippen LogP contribution is 2.22. The Bertz CT molecular complexity index is 264.